The Kier molecular flexibility index (Phi) is 4.64. The van der Waals surface area contributed by atoms with Gasteiger partial charge in [-0.1, -0.05) is 43.3 Å². The molecule has 0 saturated carbocycles. The number of fused-ring (bicyclic) bond motifs is 2. The van der Waals surface area contributed by atoms with Gasteiger partial charge in [-0.15, -0.1) is 0 Å². The zero-order valence-electron chi connectivity index (χ0n) is 16.9. The van der Waals surface area contributed by atoms with Crippen molar-refractivity contribution < 1.29 is 14.6 Å². The molecule has 5 rings (SSSR count). The van der Waals surface area contributed by atoms with Gasteiger partial charge in [0.15, 0.2) is 5.58 Å². The smallest absolute Gasteiger partial charge is 0.231 e. The van der Waals surface area contributed by atoms with Gasteiger partial charge in [-0.2, -0.15) is 0 Å². The Labute approximate surface area is 179 Å². The molecule has 0 aliphatic carbocycles. The van der Waals surface area contributed by atoms with Gasteiger partial charge in [0.05, 0.1) is 11.3 Å². The number of aromatic hydroxyl groups is 2. The van der Waals surface area contributed by atoms with Crippen molar-refractivity contribution in [2.45, 2.75) is 13.3 Å². The normalized spacial score (nSPS) is 11.6. The third kappa shape index (κ3) is 3.51. The molecule has 152 valence electrons. The first kappa shape index (κ1) is 18.9. The van der Waals surface area contributed by atoms with E-state index in [1.807, 2.05) is 48.5 Å². The quantitative estimate of drug-likeness (QED) is 0.339. The van der Waals surface area contributed by atoms with Crippen LogP contribution < -0.4 is 0 Å². The van der Waals surface area contributed by atoms with Crippen LogP contribution >= 0.6 is 0 Å². The summed E-state index contributed by atoms with van der Waals surface area (Å²) in [5, 5.41) is 22.7. The number of aromatic nitrogens is 1. The molecule has 0 aliphatic heterocycles. The van der Waals surface area contributed by atoms with Crippen LogP contribution in [0, 0.1) is 0 Å². The van der Waals surface area contributed by atoms with Crippen LogP contribution in [-0.2, 0) is 6.42 Å². The second kappa shape index (κ2) is 7.61. The first-order valence-electron chi connectivity index (χ1n) is 10.1. The Hall–Kier alpha value is -4.12. The molecule has 1 heterocycles. The average molecular weight is 408 g/mol. The number of oxazole rings is 1. The molecule has 5 nitrogen and oxygen atoms in total. The van der Waals surface area contributed by atoms with Crippen molar-refractivity contribution in [3.05, 3.63) is 83.9 Å². The van der Waals surface area contributed by atoms with Crippen LogP contribution in [0.25, 0.3) is 33.3 Å². The Morgan fingerprint density at radius 2 is 1.77 bits per heavy atom. The van der Waals surface area contributed by atoms with Crippen molar-refractivity contribution in [1.29, 1.82) is 0 Å². The summed E-state index contributed by atoms with van der Waals surface area (Å²) in [6, 6.07) is 22.2. The highest BCUT2D eigenvalue weighted by atomic mass is 16.3. The lowest BCUT2D eigenvalue weighted by Crippen LogP contribution is -1.86. The number of hydrogen-bond donors (Lipinski definition) is 2. The number of nitrogens with zero attached hydrogens (tertiary/aromatic N) is 2. The number of rotatable bonds is 4. The third-order valence-electron chi connectivity index (χ3n) is 5.36. The fourth-order valence-electron chi connectivity index (χ4n) is 3.64. The second-order valence-corrected chi connectivity index (χ2v) is 7.35. The molecule has 0 amide bonds. The van der Waals surface area contributed by atoms with Crippen LogP contribution in [-0.4, -0.2) is 21.4 Å². The molecule has 0 radical (unpaired) electrons. The number of aryl methyl sites for hydroxylation is 1. The fourth-order valence-corrected chi connectivity index (χ4v) is 3.64. The average Bonchev–Trinajstić information content (AvgIpc) is 3.22. The van der Waals surface area contributed by atoms with Crippen molar-refractivity contribution in [2.24, 2.45) is 4.99 Å². The number of aliphatic imine (C=N–C) groups is 1. The Balaban J connectivity index is 1.55. The highest BCUT2D eigenvalue weighted by Crippen LogP contribution is 2.34. The molecule has 2 N–H and O–H groups in total. The minimum Gasteiger partial charge on any atom is -0.507 e. The molecule has 0 aliphatic rings. The molecule has 0 atom stereocenters. The number of hydrogen-bond acceptors (Lipinski definition) is 5. The Morgan fingerprint density at radius 1 is 0.935 bits per heavy atom. The van der Waals surface area contributed by atoms with Gasteiger partial charge in [-0.05, 0) is 59.2 Å². The summed E-state index contributed by atoms with van der Waals surface area (Å²) in [6.07, 6.45) is 2.54. The largest absolute Gasteiger partial charge is 0.507 e. The zero-order valence-corrected chi connectivity index (χ0v) is 16.9. The van der Waals surface area contributed by atoms with E-state index in [-0.39, 0.29) is 11.5 Å². The number of phenolic OH excluding ortho intramolecular Hbond substituents is 2. The predicted octanol–water partition coefficient (Wildman–Crippen LogP) is 6.37. The molecule has 4 aromatic carbocycles. The van der Waals surface area contributed by atoms with E-state index in [4.69, 9.17) is 4.42 Å². The summed E-state index contributed by atoms with van der Waals surface area (Å²) in [4.78, 5) is 9.08. The van der Waals surface area contributed by atoms with Gasteiger partial charge in [0.2, 0.25) is 5.89 Å². The van der Waals surface area contributed by atoms with E-state index in [0.29, 0.717) is 28.3 Å². The van der Waals surface area contributed by atoms with Crippen LogP contribution in [0.4, 0.5) is 5.69 Å². The molecule has 0 unspecified atom stereocenters. The van der Waals surface area contributed by atoms with E-state index in [1.165, 1.54) is 5.56 Å². The Bertz CT molecular complexity index is 1450. The van der Waals surface area contributed by atoms with E-state index < -0.39 is 0 Å². The van der Waals surface area contributed by atoms with Gasteiger partial charge in [-0.25, -0.2) is 4.98 Å². The molecule has 0 saturated heterocycles. The lowest BCUT2D eigenvalue weighted by Gasteiger charge is -2.05. The minimum atomic E-state index is 0.0641. The lowest BCUT2D eigenvalue weighted by atomic mass is 10.0. The Morgan fingerprint density at radius 3 is 2.65 bits per heavy atom. The van der Waals surface area contributed by atoms with Gasteiger partial charge >= 0.3 is 0 Å². The highest BCUT2D eigenvalue weighted by Gasteiger charge is 2.13. The molecule has 31 heavy (non-hydrogen) atoms. The third-order valence-corrected chi connectivity index (χ3v) is 5.36. The number of phenols is 2. The molecular weight excluding hydrogens is 388 g/mol. The molecular formula is C26H20N2O3. The first-order valence-corrected chi connectivity index (χ1v) is 10.1. The summed E-state index contributed by atoms with van der Waals surface area (Å²) >= 11 is 0. The van der Waals surface area contributed by atoms with Crippen LogP contribution in [0.2, 0.25) is 0 Å². The molecule has 0 spiro atoms. The molecule has 0 fully saturated rings. The standard InChI is InChI=1S/C26H20N2O3/c1-2-16-7-12-25-22(13-16)28-26(31-25)20-14-18(9-11-23(20)29)27-15-21-19-6-4-3-5-17(19)8-10-24(21)30/h3-15,29-30H,2H2,1H3. The maximum Gasteiger partial charge on any atom is 0.231 e. The fraction of sp³-hybridized carbons (Fsp3) is 0.0769. The minimum absolute atomic E-state index is 0.0641. The molecule has 0 bridgehead atoms. The van der Waals surface area contributed by atoms with E-state index in [1.54, 1.807) is 30.5 Å². The second-order valence-electron chi connectivity index (χ2n) is 7.35. The lowest BCUT2D eigenvalue weighted by molar-refractivity contribution is 0.474. The topological polar surface area (TPSA) is 78.9 Å². The van der Waals surface area contributed by atoms with Crippen molar-refractivity contribution in [2.75, 3.05) is 0 Å². The van der Waals surface area contributed by atoms with E-state index in [2.05, 4.69) is 16.9 Å². The van der Waals surface area contributed by atoms with Gasteiger partial charge in [0.25, 0.3) is 0 Å². The van der Waals surface area contributed by atoms with E-state index >= 15 is 0 Å². The van der Waals surface area contributed by atoms with Crippen LogP contribution in [0.5, 0.6) is 11.5 Å². The maximum absolute atomic E-state index is 10.4. The summed E-state index contributed by atoms with van der Waals surface area (Å²) in [6.45, 7) is 2.09. The van der Waals surface area contributed by atoms with Crippen molar-refractivity contribution in [1.82, 2.24) is 4.98 Å². The van der Waals surface area contributed by atoms with Crippen molar-refractivity contribution in [3.8, 4) is 23.0 Å². The molecule has 5 aromatic rings. The van der Waals surface area contributed by atoms with E-state index in [9.17, 15) is 10.2 Å². The summed E-state index contributed by atoms with van der Waals surface area (Å²) < 4.78 is 5.87. The predicted molar refractivity (Wildman–Crippen MR) is 123 cm³/mol. The van der Waals surface area contributed by atoms with Crippen LogP contribution in [0.1, 0.15) is 18.1 Å². The first-order chi connectivity index (χ1) is 15.1. The SMILES string of the molecule is CCc1ccc2oc(-c3cc(N=Cc4c(O)ccc5ccccc45)ccc3O)nc2c1. The highest BCUT2D eigenvalue weighted by molar-refractivity contribution is 6.03. The number of benzene rings is 4. The van der Waals surface area contributed by atoms with Gasteiger partial charge in [0.1, 0.15) is 17.0 Å². The van der Waals surface area contributed by atoms with Gasteiger partial charge in [-0.3, -0.25) is 4.99 Å². The zero-order chi connectivity index (χ0) is 21.4. The summed E-state index contributed by atoms with van der Waals surface area (Å²) in [5.74, 6) is 0.562. The van der Waals surface area contributed by atoms with Crippen molar-refractivity contribution in [3.63, 3.8) is 0 Å². The van der Waals surface area contributed by atoms with Crippen LogP contribution in [0.3, 0.4) is 0 Å². The van der Waals surface area contributed by atoms with E-state index in [0.717, 1.165) is 22.7 Å². The monoisotopic (exact) mass is 408 g/mol. The van der Waals surface area contributed by atoms with Gasteiger partial charge < -0.3 is 14.6 Å². The van der Waals surface area contributed by atoms with Crippen LogP contribution in [0.15, 0.2) is 82.2 Å². The van der Waals surface area contributed by atoms with Crippen molar-refractivity contribution >= 4 is 33.8 Å². The summed E-state index contributed by atoms with van der Waals surface area (Å²) in [7, 11) is 0. The summed E-state index contributed by atoms with van der Waals surface area (Å²) in [5.41, 5.74) is 4.30. The maximum atomic E-state index is 10.4. The van der Waals surface area contributed by atoms with Gasteiger partial charge in [0, 0.05) is 11.8 Å². The molecule has 1 aromatic heterocycles. The molecule has 5 heteroatoms.